The average molecular weight is 428 g/mol. The van der Waals surface area contributed by atoms with Gasteiger partial charge < -0.3 is 4.90 Å². The van der Waals surface area contributed by atoms with Gasteiger partial charge in [0.2, 0.25) is 0 Å². The van der Waals surface area contributed by atoms with Gasteiger partial charge in [-0.15, -0.1) is 11.3 Å². The molecule has 0 bridgehead atoms. The SMILES string of the molecule is CCCCCCCCCCCCN1C(=CC(=O)c2cccs2)Sc2ccccc21. The fourth-order valence-corrected chi connectivity index (χ4v) is 5.51. The van der Waals surface area contributed by atoms with Crippen LogP contribution in [0.5, 0.6) is 0 Å². The number of ketones is 1. The number of carbonyl (C=O) groups is 1. The minimum absolute atomic E-state index is 0.114. The van der Waals surface area contributed by atoms with Gasteiger partial charge >= 0.3 is 0 Å². The minimum Gasteiger partial charge on any atom is -0.335 e. The molecular formula is C25H33NOS2. The second-order valence-corrected chi connectivity index (χ2v) is 9.74. The van der Waals surface area contributed by atoms with Crippen molar-refractivity contribution in [2.45, 2.75) is 76.0 Å². The summed E-state index contributed by atoms with van der Waals surface area (Å²) in [5.41, 5.74) is 1.25. The molecule has 2 aromatic rings. The van der Waals surface area contributed by atoms with E-state index in [-0.39, 0.29) is 5.78 Å². The molecule has 2 heterocycles. The number of carbonyl (C=O) groups excluding carboxylic acids is 1. The van der Waals surface area contributed by atoms with Crippen LogP contribution in [-0.2, 0) is 0 Å². The molecule has 156 valence electrons. The van der Waals surface area contributed by atoms with Gasteiger partial charge in [-0.2, -0.15) is 0 Å². The highest BCUT2D eigenvalue weighted by atomic mass is 32.2. The van der Waals surface area contributed by atoms with Crippen LogP contribution >= 0.6 is 23.1 Å². The lowest BCUT2D eigenvalue weighted by Gasteiger charge is -2.20. The molecule has 0 saturated heterocycles. The second kappa shape index (κ2) is 12.2. The summed E-state index contributed by atoms with van der Waals surface area (Å²) in [5, 5.41) is 3.03. The Kier molecular flexibility index (Phi) is 9.36. The summed E-state index contributed by atoms with van der Waals surface area (Å²) in [6.45, 7) is 3.26. The van der Waals surface area contributed by atoms with Crippen molar-refractivity contribution in [2.75, 3.05) is 11.4 Å². The number of anilines is 1. The molecule has 0 fully saturated rings. The van der Waals surface area contributed by atoms with Gasteiger partial charge in [0.15, 0.2) is 5.78 Å². The van der Waals surface area contributed by atoms with E-state index in [1.165, 1.54) is 86.1 Å². The maximum Gasteiger partial charge on any atom is 0.198 e. The molecule has 0 aliphatic carbocycles. The first-order valence-corrected chi connectivity index (χ1v) is 12.8. The van der Waals surface area contributed by atoms with Crippen LogP contribution in [0.15, 0.2) is 57.8 Å². The summed E-state index contributed by atoms with van der Waals surface area (Å²) in [6.07, 6.45) is 15.3. The fourth-order valence-electron chi connectivity index (χ4n) is 3.75. The van der Waals surface area contributed by atoms with Gasteiger partial charge in [0, 0.05) is 17.5 Å². The molecule has 0 amide bonds. The van der Waals surface area contributed by atoms with Crippen molar-refractivity contribution in [3.63, 3.8) is 0 Å². The number of nitrogens with zero attached hydrogens (tertiary/aromatic N) is 1. The third kappa shape index (κ3) is 6.75. The normalized spacial score (nSPS) is 14.5. The Hall–Kier alpha value is -1.52. The van der Waals surface area contributed by atoms with Crippen molar-refractivity contribution in [3.05, 3.63) is 57.8 Å². The minimum atomic E-state index is 0.114. The van der Waals surface area contributed by atoms with Crippen LogP contribution in [0.25, 0.3) is 0 Å². The number of thioether (sulfide) groups is 1. The van der Waals surface area contributed by atoms with Gasteiger partial charge in [-0.05, 0) is 30.0 Å². The van der Waals surface area contributed by atoms with Crippen molar-refractivity contribution in [1.82, 2.24) is 0 Å². The van der Waals surface area contributed by atoms with Gasteiger partial charge in [0.25, 0.3) is 0 Å². The molecule has 2 nitrogen and oxygen atoms in total. The van der Waals surface area contributed by atoms with E-state index >= 15 is 0 Å². The predicted octanol–water partition coefficient (Wildman–Crippen LogP) is 8.31. The lowest BCUT2D eigenvalue weighted by atomic mass is 10.1. The molecule has 3 rings (SSSR count). The standard InChI is InChI=1S/C25H33NOS2/c1-2-3-4-5-6-7-8-9-10-13-18-26-21-15-11-12-16-23(21)29-25(26)20-22(27)24-17-14-19-28-24/h11-12,14-17,19-20H,2-10,13,18H2,1H3. The average Bonchev–Trinajstić information content (AvgIpc) is 3.38. The summed E-state index contributed by atoms with van der Waals surface area (Å²) in [6, 6.07) is 12.3. The van der Waals surface area contributed by atoms with E-state index < -0.39 is 0 Å². The number of unbranched alkanes of at least 4 members (excludes halogenated alkanes) is 9. The molecule has 0 radical (unpaired) electrons. The number of rotatable bonds is 13. The van der Waals surface area contributed by atoms with E-state index in [9.17, 15) is 4.79 Å². The summed E-state index contributed by atoms with van der Waals surface area (Å²) in [5.74, 6) is 0.114. The van der Waals surface area contributed by atoms with Gasteiger partial charge in [-0.25, -0.2) is 0 Å². The number of hydrogen-bond donors (Lipinski definition) is 0. The van der Waals surface area contributed by atoms with Gasteiger partial charge in [-0.1, -0.05) is 94.7 Å². The van der Waals surface area contributed by atoms with Crippen LogP contribution in [0.1, 0.15) is 80.8 Å². The Bertz CT molecular complexity index is 782. The molecule has 0 atom stereocenters. The van der Waals surface area contributed by atoms with E-state index in [1.807, 2.05) is 23.6 Å². The van der Waals surface area contributed by atoms with Crippen molar-refractivity contribution < 1.29 is 4.79 Å². The molecule has 1 aliphatic heterocycles. The Balaban J connectivity index is 1.47. The van der Waals surface area contributed by atoms with Crippen LogP contribution in [-0.4, -0.2) is 12.3 Å². The van der Waals surface area contributed by atoms with E-state index in [1.54, 1.807) is 11.8 Å². The first-order valence-electron chi connectivity index (χ1n) is 11.1. The summed E-state index contributed by atoms with van der Waals surface area (Å²) in [7, 11) is 0. The molecule has 1 aliphatic rings. The Morgan fingerprint density at radius 1 is 0.897 bits per heavy atom. The molecule has 0 N–H and O–H groups in total. The molecule has 29 heavy (non-hydrogen) atoms. The van der Waals surface area contributed by atoms with E-state index in [2.05, 4.69) is 36.1 Å². The number of fused-ring (bicyclic) bond motifs is 1. The third-order valence-electron chi connectivity index (χ3n) is 5.39. The fraction of sp³-hybridized carbons (Fsp3) is 0.480. The molecule has 1 aromatic carbocycles. The monoisotopic (exact) mass is 427 g/mol. The quantitative estimate of drug-likeness (QED) is 0.182. The Morgan fingerprint density at radius 3 is 2.28 bits per heavy atom. The molecule has 1 aromatic heterocycles. The summed E-state index contributed by atoms with van der Waals surface area (Å²) >= 11 is 3.23. The second-order valence-electron chi connectivity index (χ2n) is 7.73. The molecule has 0 spiro atoms. The molecule has 0 saturated carbocycles. The summed E-state index contributed by atoms with van der Waals surface area (Å²) in [4.78, 5) is 17.0. The van der Waals surface area contributed by atoms with Crippen LogP contribution in [0.4, 0.5) is 5.69 Å². The highest BCUT2D eigenvalue weighted by Crippen LogP contribution is 2.46. The number of allylic oxidation sites excluding steroid dienone is 1. The molecule has 4 heteroatoms. The molecular weight excluding hydrogens is 394 g/mol. The highest BCUT2D eigenvalue weighted by molar-refractivity contribution is 8.03. The lowest BCUT2D eigenvalue weighted by molar-refractivity contribution is 0.105. The Labute approximate surface area is 184 Å². The first kappa shape index (κ1) is 22.2. The van der Waals surface area contributed by atoms with Crippen molar-refractivity contribution in [1.29, 1.82) is 0 Å². The van der Waals surface area contributed by atoms with Crippen LogP contribution in [0, 0.1) is 0 Å². The maximum atomic E-state index is 12.6. The zero-order valence-electron chi connectivity index (χ0n) is 17.6. The van der Waals surface area contributed by atoms with Gasteiger partial charge in [0.1, 0.15) is 0 Å². The highest BCUT2D eigenvalue weighted by Gasteiger charge is 2.25. The summed E-state index contributed by atoms with van der Waals surface area (Å²) < 4.78 is 0. The van der Waals surface area contributed by atoms with E-state index in [4.69, 9.17) is 0 Å². The van der Waals surface area contributed by atoms with Crippen LogP contribution in [0.2, 0.25) is 0 Å². The number of benzene rings is 1. The first-order chi connectivity index (χ1) is 14.3. The topological polar surface area (TPSA) is 20.3 Å². The van der Waals surface area contributed by atoms with Crippen LogP contribution in [0.3, 0.4) is 0 Å². The zero-order chi connectivity index (χ0) is 20.3. The maximum absolute atomic E-state index is 12.6. The lowest BCUT2D eigenvalue weighted by Crippen LogP contribution is -2.19. The van der Waals surface area contributed by atoms with E-state index in [0.717, 1.165) is 16.5 Å². The van der Waals surface area contributed by atoms with Crippen molar-refractivity contribution in [2.24, 2.45) is 0 Å². The van der Waals surface area contributed by atoms with Crippen molar-refractivity contribution >= 4 is 34.6 Å². The van der Waals surface area contributed by atoms with E-state index in [0.29, 0.717) is 0 Å². The third-order valence-corrected chi connectivity index (χ3v) is 7.39. The zero-order valence-corrected chi connectivity index (χ0v) is 19.2. The predicted molar refractivity (Wildman–Crippen MR) is 128 cm³/mol. The molecule has 0 unspecified atom stereocenters. The van der Waals surface area contributed by atoms with Crippen LogP contribution < -0.4 is 4.90 Å². The van der Waals surface area contributed by atoms with Gasteiger partial charge in [-0.3, -0.25) is 4.79 Å². The Morgan fingerprint density at radius 2 is 1.59 bits per heavy atom. The van der Waals surface area contributed by atoms with Crippen molar-refractivity contribution in [3.8, 4) is 0 Å². The number of para-hydroxylation sites is 1. The smallest absolute Gasteiger partial charge is 0.198 e. The largest absolute Gasteiger partial charge is 0.335 e. The van der Waals surface area contributed by atoms with Gasteiger partial charge in [0.05, 0.1) is 15.6 Å². The number of hydrogen-bond acceptors (Lipinski definition) is 4. The number of thiophene rings is 1.